The lowest BCUT2D eigenvalue weighted by Gasteiger charge is -2.24. The smallest absolute Gasteiger partial charge is 0.126 e. The lowest BCUT2D eigenvalue weighted by atomic mass is 9.87. The number of hydrogen-bond donors (Lipinski definition) is 1. The minimum Gasteiger partial charge on any atom is -0.496 e. The van der Waals surface area contributed by atoms with Gasteiger partial charge in [-0.3, -0.25) is 0 Å². The third-order valence-electron chi connectivity index (χ3n) is 4.61. The maximum atomic E-state index is 5.96. The molecule has 2 aliphatic rings. The van der Waals surface area contributed by atoms with Crippen LogP contribution in [0.5, 0.6) is 11.5 Å². The number of fused-ring (bicyclic) bond motifs is 5. The van der Waals surface area contributed by atoms with Crippen molar-refractivity contribution in [3.05, 3.63) is 22.8 Å². The first-order chi connectivity index (χ1) is 9.15. The molecule has 1 aromatic carbocycles. The molecule has 3 nitrogen and oxygen atoms in total. The molecule has 0 aromatic heterocycles. The minimum absolute atomic E-state index is 0.134. The van der Waals surface area contributed by atoms with Crippen LogP contribution in [0.1, 0.15) is 54.7 Å². The molecule has 1 fully saturated rings. The zero-order chi connectivity index (χ0) is 13.6. The van der Waals surface area contributed by atoms with Gasteiger partial charge < -0.3 is 15.2 Å². The average Bonchev–Trinajstić information content (AvgIpc) is 2.98. The van der Waals surface area contributed by atoms with E-state index < -0.39 is 0 Å². The summed E-state index contributed by atoms with van der Waals surface area (Å²) in [5, 5.41) is 0. The average molecular weight is 261 g/mol. The Morgan fingerprint density at radius 2 is 1.89 bits per heavy atom. The monoisotopic (exact) mass is 261 g/mol. The second-order valence-electron chi connectivity index (χ2n) is 5.99. The van der Waals surface area contributed by atoms with Gasteiger partial charge in [0.15, 0.2) is 0 Å². The molecule has 3 rings (SSSR count). The molecule has 1 saturated carbocycles. The van der Waals surface area contributed by atoms with Gasteiger partial charge in [0.05, 0.1) is 14.2 Å². The maximum Gasteiger partial charge on any atom is 0.126 e. The largest absolute Gasteiger partial charge is 0.496 e. The molecule has 0 saturated heterocycles. The van der Waals surface area contributed by atoms with Gasteiger partial charge >= 0.3 is 0 Å². The standard InChI is InChI=1S/C16H23NO2/c1-9(17)6-12-8-13(18-2)14-10-4-5-11(7-10)15(14)16(12)19-3/h8-11H,4-7,17H2,1-3H3. The summed E-state index contributed by atoms with van der Waals surface area (Å²) in [6.45, 7) is 2.03. The Balaban J connectivity index is 2.16. The van der Waals surface area contributed by atoms with Crippen molar-refractivity contribution in [2.45, 2.75) is 50.5 Å². The van der Waals surface area contributed by atoms with Crippen LogP contribution in [0.4, 0.5) is 0 Å². The first-order valence-corrected chi connectivity index (χ1v) is 7.18. The van der Waals surface area contributed by atoms with Gasteiger partial charge in [0.25, 0.3) is 0 Å². The Labute approximate surface area is 115 Å². The van der Waals surface area contributed by atoms with E-state index in [4.69, 9.17) is 15.2 Å². The summed E-state index contributed by atoms with van der Waals surface area (Å²) in [4.78, 5) is 0. The van der Waals surface area contributed by atoms with Gasteiger partial charge in [0, 0.05) is 17.2 Å². The number of ether oxygens (including phenoxy) is 2. The fourth-order valence-electron chi connectivity index (χ4n) is 3.97. The van der Waals surface area contributed by atoms with Crippen LogP contribution < -0.4 is 15.2 Å². The van der Waals surface area contributed by atoms with Crippen molar-refractivity contribution >= 4 is 0 Å². The van der Waals surface area contributed by atoms with E-state index in [0.29, 0.717) is 11.8 Å². The minimum atomic E-state index is 0.134. The molecule has 2 bridgehead atoms. The van der Waals surface area contributed by atoms with Gasteiger partial charge in [0.1, 0.15) is 11.5 Å². The SMILES string of the molecule is COc1cc(CC(C)N)c(OC)c2c1C1CCC2C1. The van der Waals surface area contributed by atoms with Gasteiger partial charge in [-0.15, -0.1) is 0 Å². The highest BCUT2D eigenvalue weighted by Crippen LogP contribution is 2.59. The van der Waals surface area contributed by atoms with Crippen molar-refractivity contribution in [2.75, 3.05) is 14.2 Å². The molecule has 0 radical (unpaired) electrons. The molecule has 2 N–H and O–H groups in total. The lowest BCUT2D eigenvalue weighted by molar-refractivity contribution is 0.386. The fourth-order valence-corrected chi connectivity index (χ4v) is 3.97. The third kappa shape index (κ3) is 1.91. The molecule has 104 valence electrons. The molecule has 0 spiro atoms. The van der Waals surface area contributed by atoms with E-state index in [0.717, 1.165) is 17.9 Å². The number of rotatable bonds is 4. The van der Waals surface area contributed by atoms with Crippen LogP contribution >= 0.6 is 0 Å². The summed E-state index contributed by atoms with van der Waals surface area (Å²) in [5.74, 6) is 3.45. The van der Waals surface area contributed by atoms with Crippen LogP contribution in [-0.2, 0) is 6.42 Å². The van der Waals surface area contributed by atoms with Gasteiger partial charge in [-0.25, -0.2) is 0 Å². The van der Waals surface area contributed by atoms with E-state index in [9.17, 15) is 0 Å². The molecule has 3 unspecified atom stereocenters. The molecule has 19 heavy (non-hydrogen) atoms. The van der Waals surface area contributed by atoms with Gasteiger partial charge in [-0.1, -0.05) is 0 Å². The Bertz CT molecular complexity index is 496. The van der Waals surface area contributed by atoms with Crippen molar-refractivity contribution in [1.82, 2.24) is 0 Å². The van der Waals surface area contributed by atoms with E-state index in [1.807, 2.05) is 6.92 Å². The van der Waals surface area contributed by atoms with Crippen molar-refractivity contribution in [2.24, 2.45) is 5.73 Å². The van der Waals surface area contributed by atoms with Gasteiger partial charge in [-0.2, -0.15) is 0 Å². The Hall–Kier alpha value is -1.22. The summed E-state index contributed by atoms with van der Waals surface area (Å²) in [6.07, 6.45) is 4.69. The summed E-state index contributed by atoms with van der Waals surface area (Å²) in [7, 11) is 3.54. The molecule has 1 aromatic rings. The normalized spacial score (nSPS) is 25.3. The first kappa shape index (κ1) is 12.8. The van der Waals surface area contributed by atoms with Gasteiger partial charge in [0.2, 0.25) is 0 Å². The molecule has 2 aliphatic carbocycles. The fraction of sp³-hybridized carbons (Fsp3) is 0.625. The molecule has 0 heterocycles. The zero-order valence-corrected chi connectivity index (χ0v) is 12.0. The number of hydrogen-bond acceptors (Lipinski definition) is 3. The highest BCUT2D eigenvalue weighted by molar-refractivity contribution is 5.60. The van der Waals surface area contributed by atoms with Crippen LogP contribution in [0.25, 0.3) is 0 Å². The summed E-state index contributed by atoms with van der Waals surface area (Å²) < 4.78 is 11.4. The predicted molar refractivity (Wildman–Crippen MR) is 76.2 cm³/mol. The lowest BCUT2D eigenvalue weighted by Crippen LogP contribution is -2.19. The van der Waals surface area contributed by atoms with E-state index in [1.165, 1.54) is 36.0 Å². The second-order valence-corrected chi connectivity index (χ2v) is 5.99. The Morgan fingerprint density at radius 1 is 1.21 bits per heavy atom. The summed E-state index contributed by atoms with van der Waals surface area (Å²) in [5.41, 5.74) is 9.98. The highest BCUT2D eigenvalue weighted by atomic mass is 16.5. The van der Waals surface area contributed by atoms with E-state index in [2.05, 4.69) is 6.07 Å². The van der Waals surface area contributed by atoms with Crippen LogP contribution in [0.2, 0.25) is 0 Å². The third-order valence-corrected chi connectivity index (χ3v) is 4.61. The molecule has 3 atom stereocenters. The van der Waals surface area contributed by atoms with Crippen LogP contribution in [0.3, 0.4) is 0 Å². The van der Waals surface area contributed by atoms with Crippen molar-refractivity contribution in [3.8, 4) is 11.5 Å². The van der Waals surface area contributed by atoms with Crippen molar-refractivity contribution < 1.29 is 9.47 Å². The number of methoxy groups -OCH3 is 2. The Morgan fingerprint density at radius 3 is 2.47 bits per heavy atom. The molecule has 0 amide bonds. The zero-order valence-electron chi connectivity index (χ0n) is 12.0. The van der Waals surface area contributed by atoms with E-state index >= 15 is 0 Å². The molecular formula is C16H23NO2. The van der Waals surface area contributed by atoms with Gasteiger partial charge in [-0.05, 0) is 56.1 Å². The molecule has 0 aliphatic heterocycles. The first-order valence-electron chi connectivity index (χ1n) is 7.18. The number of nitrogens with two attached hydrogens (primary N) is 1. The summed E-state index contributed by atoms with van der Waals surface area (Å²) in [6, 6.07) is 2.28. The quantitative estimate of drug-likeness (QED) is 0.906. The second kappa shape index (κ2) is 4.71. The van der Waals surface area contributed by atoms with E-state index in [-0.39, 0.29) is 6.04 Å². The van der Waals surface area contributed by atoms with Crippen LogP contribution in [0.15, 0.2) is 6.07 Å². The molecular weight excluding hydrogens is 238 g/mol. The maximum absolute atomic E-state index is 5.96. The summed E-state index contributed by atoms with van der Waals surface area (Å²) >= 11 is 0. The van der Waals surface area contributed by atoms with Crippen LogP contribution in [-0.4, -0.2) is 20.3 Å². The van der Waals surface area contributed by atoms with Crippen LogP contribution in [0, 0.1) is 0 Å². The predicted octanol–water partition coefficient (Wildman–Crippen LogP) is 2.96. The van der Waals surface area contributed by atoms with E-state index in [1.54, 1.807) is 14.2 Å². The van der Waals surface area contributed by atoms with Crippen molar-refractivity contribution in [1.29, 1.82) is 0 Å². The highest BCUT2D eigenvalue weighted by Gasteiger charge is 2.42. The topological polar surface area (TPSA) is 44.5 Å². The molecule has 3 heteroatoms. The Kier molecular flexibility index (Phi) is 3.17. The number of benzene rings is 1. The van der Waals surface area contributed by atoms with Crippen molar-refractivity contribution in [3.63, 3.8) is 0 Å².